The highest BCUT2D eigenvalue weighted by Gasteiger charge is 2.40. The fourth-order valence-electron chi connectivity index (χ4n) is 3.23. The fraction of sp³-hybridized carbons (Fsp3) is 0.0476. The summed E-state index contributed by atoms with van der Waals surface area (Å²) in [5.74, 6) is -0.220. The summed E-state index contributed by atoms with van der Waals surface area (Å²) in [5, 5.41) is 25.4. The van der Waals surface area contributed by atoms with Crippen LogP contribution >= 0.6 is 0 Å². The second kappa shape index (κ2) is 6.84. The lowest BCUT2D eigenvalue weighted by Gasteiger charge is -2.26. The van der Waals surface area contributed by atoms with Crippen LogP contribution in [0.15, 0.2) is 90.4 Å². The number of nitrogens with zero attached hydrogens (tertiary/aromatic N) is 1. The van der Waals surface area contributed by atoms with Gasteiger partial charge in [0.05, 0.1) is 4.92 Å². The van der Waals surface area contributed by atoms with E-state index < -0.39 is 10.8 Å². The van der Waals surface area contributed by atoms with Gasteiger partial charge in [-0.25, -0.2) is 0 Å². The lowest BCUT2D eigenvalue weighted by Crippen LogP contribution is -2.25. The summed E-state index contributed by atoms with van der Waals surface area (Å²) in [5.41, 5.74) is 1.60. The monoisotopic (exact) mass is 360 g/mol. The van der Waals surface area contributed by atoms with Gasteiger partial charge in [0.15, 0.2) is 0 Å². The van der Waals surface area contributed by atoms with Gasteiger partial charge in [0.1, 0.15) is 17.4 Å². The SMILES string of the molecule is O=[N+]([O-])C1=C(Nc2ccccc2)Oc2ccccc2C1c1ccccc1O. The Morgan fingerprint density at radius 2 is 1.52 bits per heavy atom. The number of phenolic OH excluding ortho intramolecular Hbond substituents is 1. The number of ether oxygens (including phenoxy) is 1. The molecule has 3 aromatic carbocycles. The summed E-state index contributed by atoms with van der Waals surface area (Å²) in [6.45, 7) is 0. The molecular formula is C21H16N2O4. The van der Waals surface area contributed by atoms with Crippen molar-refractivity contribution in [3.05, 3.63) is 112 Å². The number of hydrogen-bond donors (Lipinski definition) is 2. The Bertz CT molecular complexity index is 1030. The lowest BCUT2D eigenvalue weighted by molar-refractivity contribution is -0.432. The number of nitro groups is 1. The predicted octanol–water partition coefficient (Wildman–Crippen LogP) is 4.47. The number of allylic oxidation sites excluding steroid dienone is 1. The predicted molar refractivity (Wildman–Crippen MR) is 101 cm³/mol. The largest absolute Gasteiger partial charge is 0.508 e. The summed E-state index contributed by atoms with van der Waals surface area (Å²) in [7, 11) is 0. The van der Waals surface area contributed by atoms with E-state index in [1.54, 1.807) is 54.6 Å². The molecule has 1 aliphatic rings. The Kier molecular flexibility index (Phi) is 4.22. The quantitative estimate of drug-likeness (QED) is 0.529. The van der Waals surface area contributed by atoms with Gasteiger partial charge in [-0.1, -0.05) is 54.6 Å². The molecule has 134 valence electrons. The number of anilines is 1. The van der Waals surface area contributed by atoms with Gasteiger partial charge in [0.2, 0.25) is 0 Å². The zero-order valence-electron chi connectivity index (χ0n) is 14.2. The molecule has 0 saturated carbocycles. The normalized spacial score (nSPS) is 15.6. The Morgan fingerprint density at radius 1 is 0.889 bits per heavy atom. The lowest BCUT2D eigenvalue weighted by atomic mass is 9.86. The number of benzene rings is 3. The van der Waals surface area contributed by atoms with Gasteiger partial charge >= 0.3 is 5.70 Å². The number of para-hydroxylation sites is 3. The summed E-state index contributed by atoms with van der Waals surface area (Å²) >= 11 is 0. The second-order valence-corrected chi connectivity index (χ2v) is 6.09. The fourth-order valence-corrected chi connectivity index (χ4v) is 3.23. The maximum absolute atomic E-state index is 12.0. The van der Waals surface area contributed by atoms with Crippen LogP contribution in [0.4, 0.5) is 5.69 Å². The Balaban J connectivity index is 1.92. The van der Waals surface area contributed by atoms with Gasteiger partial charge < -0.3 is 15.2 Å². The van der Waals surface area contributed by atoms with Gasteiger partial charge in [-0.2, -0.15) is 0 Å². The highest BCUT2D eigenvalue weighted by Crippen LogP contribution is 2.45. The van der Waals surface area contributed by atoms with Crippen LogP contribution in [-0.4, -0.2) is 10.0 Å². The number of nitrogens with one attached hydrogen (secondary N) is 1. The third-order valence-corrected chi connectivity index (χ3v) is 4.42. The molecule has 0 fully saturated rings. The van der Waals surface area contributed by atoms with Crippen LogP contribution in [0.25, 0.3) is 0 Å². The summed E-state index contributed by atoms with van der Waals surface area (Å²) in [6, 6.07) is 22.9. The highest BCUT2D eigenvalue weighted by molar-refractivity contribution is 5.57. The van der Waals surface area contributed by atoms with Crippen molar-refractivity contribution in [1.29, 1.82) is 0 Å². The van der Waals surface area contributed by atoms with Crippen molar-refractivity contribution in [3.8, 4) is 11.5 Å². The third kappa shape index (κ3) is 3.08. The molecule has 0 saturated heterocycles. The molecule has 6 nitrogen and oxygen atoms in total. The van der Waals surface area contributed by atoms with Crippen molar-refractivity contribution in [2.75, 3.05) is 5.32 Å². The van der Waals surface area contributed by atoms with Crippen molar-refractivity contribution in [2.45, 2.75) is 5.92 Å². The van der Waals surface area contributed by atoms with Gasteiger partial charge in [-0.05, 0) is 24.3 Å². The molecule has 1 atom stereocenters. The van der Waals surface area contributed by atoms with E-state index in [2.05, 4.69) is 5.32 Å². The van der Waals surface area contributed by atoms with E-state index in [1.807, 2.05) is 18.2 Å². The minimum absolute atomic E-state index is 0.00221. The van der Waals surface area contributed by atoms with Crippen molar-refractivity contribution >= 4 is 5.69 Å². The van der Waals surface area contributed by atoms with Crippen LogP contribution in [-0.2, 0) is 0 Å². The third-order valence-electron chi connectivity index (χ3n) is 4.42. The van der Waals surface area contributed by atoms with E-state index in [4.69, 9.17) is 4.74 Å². The number of rotatable bonds is 4. The zero-order chi connectivity index (χ0) is 18.8. The first-order valence-corrected chi connectivity index (χ1v) is 8.40. The van der Waals surface area contributed by atoms with Crippen LogP contribution in [0.1, 0.15) is 17.0 Å². The van der Waals surface area contributed by atoms with Crippen LogP contribution in [0.3, 0.4) is 0 Å². The minimum Gasteiger partial charge on any atom is -0.508 e. The Labute approximate surface area is 155 Å². The second-order valence-electron chi connectivity index (χ2n) is 6.09. The zero-order valence-corrected chi connectivity index (χ0v) is 14.2. The molecule has 1 heterocycles. The van der Waals surface area contributed by atoms with Gasteiger partial charge in [-0.15, -0.1) is 0 Å². The maximum atomic E-state index is 12.0. The maximum Gasteiger partial charge on any atom is 0.318 e. The molecule has 3 aromatic rings. The van der Waals surface area contributed by atoms with Crippen LogP contribution in [0.2, 0.25) is 0 Å². The average molecular weight is 360 g/mol. The number of aromatic hydroxyl groups is 1. The van der Waals surface area contributed by atoms with E-state index in [-0.39, 0.29) is 17.3 Å². The van der Waals surface area contributed by atoms with Crippen molar-refractivity contribution < 1.29 is 14.8 Å². The van der Waals surface area contributed by atoms with E-state index >= 15 is 0 Å². The van der Waals surface area contributed by atoms with E-state index in [0.717, 1.165) is 0 Å². The molecule has 0 spiro atoms. The Morgan fingerprint density at radius 3 is 2.22 bits per heavy atom. The minimum atomic E-state index is -0.766. The summed E-state index contributed by atoms with van der Waals surface area (Å²) < 4.78 is 5.85. The molecular weight excluding hydrogens is 344 g/mol. The smallest absolute Gasteiger partial charge is 0.318 e. The molecule has 2 N–H and O–H groups in total. The number of hydrogen-bond acceptors (Lipinski definition) is 5. The molecule has 0 amide bonds. The highest BCUT2D eigenvalue weighted by atomic mass is 16.6. The van der Waals surface area contributed by atoms with Gasteiger partial charge in [-0.3, -0.25) is 10.1 Å². The first kappa shape index (κ1) is 16.7. The van der Waals surface area contributed by atoms with E-state index in [9.17, 15) is 15.2 Å². The van der Waals surface area contributed by atoms with Crippen LogP contribution in [0.5, 0.6) is 11.5 Å². The number of fused-ring (bicyclic) bond motifs is 1. The molecule has 0 bridgehead atoms. The first-order chi connectivity index (χ1) is 13.1. The molecule has 0 radical (unpaired) electrons. The van der Waals surface area contributed by atoms with Crippen LogP contribution in [0, 0.1) is 10.1 Å². The Hall–Kier alpha value is -3.80. The molecule has 1 unspecified atom stereocenters. The van der Waals surface area contributed by atoms with Crippen molar-refractivity contribution in [2.24, 2.45) is 0 Å². The summed E-state index contributed by atoms with van der Waals surface area (Å²) in [4.78, 5) is 11.5. The molecule has 4 rings (SSSR count). The molecule has 6 heteroatoms. The van der Waals surface area contributed by atoms with Crippen LogP contribution < -0.4 is 10.1 Å². The van der Waals surface area contributed by atoms with Crippen molar-refractivity contribution in [1.82, 2.24) is 0 Å². The first-order valence-electron chi connectivity index (χ1n) is 8.40. The topological polar surface area (TPSA) is 84.6 Å². The molecule has 1 aliphatic heterocycles. The molecule has 0 aliphatic carbocycles. The van der Waals surface area contributed by atoms with E-state index in [1.165, 1.54) is 6.07 Å². The summed E-state index contributed by atoms with van der Waals surface area (Å²) in [6.07, 6.45) is 0. The molecule has 0 aromatic heterocycles. The molecule has 27 heavy (non-hydrogen) atoms. The standard InChI is InChI=1S/C21H16N2O4/c24-17-12-6-4-10-15(17)19-16-11-5-7-13-18(16)27-21(20(19)23(25)26)22-14-8-2-1-3-9-14/h1-13,19,22,24H. The van der Waals surface area contributed by atoms with Gasteiger partial charge in [0, 0.05) is 16.8 Å². The van der Waals surface area contributed by atoms with E-state index in [0.29, 0.717) is 22.6 Å². The number of phenols is 1. The van der Waals surface area contributed by atoms with Crippen molar-refractivity contribution in [3.63, 3.8) is 0 Å². The average Bonchev–Trinajstić information content (AvgIpc) is 2.68. The van der Waals surface area contributed by atoms with Gasteiger partial charge in [0.25, 0.3) is 5.88 Å².